The molecule has 0 aromatic carbocycles. The van der Waals surface area contributed by atoms with Gasteiger partial charge in [-0.2, -0.15) is 5.10 Å². The van der Waals surface area contributed by atoms with E-state index in [0.717, 1.165) is 17.2 Å². The number of H-pyrrole nitrogens is 1. The molecule has 0 amide bonds. The average Bonchev–Trinajstić information content (AvgIpc) is 2.97. The number of nitrogens with zero attached hydrogens (tertiary/aromatic N) is 5. The zero-order valence-electron chi connectivity index (χ0n) is 12.1. The summed E-state index contributed by atoms with van der Waals surface area (Å²) in [6, 6.07) is 0. The molecule has 0 atom stereocenters. The molecule has 110 valence electrons. The lowest BCUT2D eigenvalue weighted by molar-refractivity contribution is 0.307. The summed E-state index contributed by atoms with van der Waals surface area (Å²) in [6.07, 6.45) is 1.53. The number of hydrogen-bond acceptors (Lipinski definition) is 6. The Labute approximate surface area is 125 Å². The predicted octanol–water partition coefficient (Wildman–Crippen LogP) is 1.05. The van der Waals surface area contributed by atoms with Gasteiger partial charge in [0.05, 0.1) is 23.4 Å². The van der Waals surface area contributed by atoms with E-state index in [9.17, 15) is 4.79 Å². The summed E-state index contributed by atoms with van der Waals surface area (Å²) >= 11 is 1.64. The van der Waals surface area contributed by atoms with E-state index < -0.39 is 0 Å². The monoisotopic (exact) mass is 304 g/mol. The highest BCUT2D eigenvalue weighted by Crippen LogP contribution is 2.11. The smallest absolute Gasteiger partial charge is 0.262 e. The molecular weight excluding hydrogens is 288 g/mol. The van der Waals surface area contributed by atoms with Crippen LogP contribution >= 0.6 is 11.3 Å². The lowest BCUT2D eigenvalue weighted by Crippen LogP contribution is -2.22. The molecule has 3 aromatic rings. The SMILES string of the molecule is Cc1nc(CN(C)Cc2nc3c(cnn3C)c(=O)[nH]2)cs1. The number of thiazole rings is 1. The Balaban J connectivity index is 1.81. The van der Waals surface area contributed by atoms with E-state index in [1.165, 1.54) is 6.20 Å². The standard InChI is InChI=1S/C13H16N6OS/c1-8-15-9(7-21-8)5-18(2)6-11-16-12-10(13(20)17-11)4-14-19(12)3/h4,7H,5-6H2,1-3H3,(H,16,17,20). The summed E-state index contributed by atoms with van der Waals surface area (Å²) in [5.41, 5.74) is 1.48. The molecule has 0 bridgehead atoms. The van der Waals surface area contributed by atoms with Crippen LogP contribution in [0.4, 0.5) is 0 Å². The van der Waals surface area contributed by atoms with Crippen LogP contribution in [0.2, 0.25) is 0 Å². The second-order valence-corrected chi connectivity index (χ2v) is 6.11. The quantitative estimate of drug-likeness (QED) is 0.779. The first-order valence-corrected chi connectivity index (χ1v) is 7.41. The van der Waals surface area contributed by atoms with E-state index in [4.69, 9.17) is 0 Å². The summed E-state index contributed by atoms with van der Waals surface area (Å²) in [5.74, 6) is 0.630. The molecule has 7 nitrogen and oxygen atoms in total. The lowest BCUT2D eigenvalue weighted by atomic mass is 10.4. The van der Waals surface area contributed by atoms with Gasteiger partial charge in [0.1, 0.15) is 11.2 Å². The van der Waals surface area contributed by atoms with Gasteiger partial charge in [-0.25, -0.2) is 9.97 Å². The van der Waals surface area contributed by atoms with Crippen LogP contribution < -0.4 is 5.56 Å². The Hall–Kier alpha value is -2.06. The van der Waals surface area contributed by atoms with E-state index in [-0.39, 0.29) is 5.56 Å². The van der Waals surface area contributed by atoms with E-state index in [0.29, 0.717) is 23.4 Å². The minimum Gasteiger partial charge on any atom is -0.309 e. The molecule has 0 radical (unpaired) electrons. The van der Waals surface area contributed by atoms with Crippen LogP contribution in [0.3, 0.4) is 0 Å². The Kier molecular flexibility index (Phi) is 3.56. The van der Waals surface area contributed by atoms with E-state index in [1.807, 2.05) is 19.4 Å². The fourth-order valence-corrected chi connectivity index (χ4v) is 2.83. The van der Waals surface area contributed by atoms with Crippen LogP contribution in [-0.4, -0.2) is 36.7 Å². The van der Waals surface area contributed by atoms with Gasteiger partial charge in [-0.05, 0) is 14.0 Å². The van der Waals surface area contributed by atoms with Crippen molar-refractivity contribution in [2.24, 2.45) is 7.05 Å². The summed E-state index contributed by atoms with van der Waals surface area (Å²) in [4.78, 5) is 25.8. The molecule has 3 rings (SSSR count). The normalized spacial score (nSPS) is 11.6. The maximum absolute atomic E-state index is 12.0. The van der Waals surface area contributed by atoms with Crippen molar-refractivity contribution in [1.82, 2.24) is 29.6 Å². The van der Waals surface area contributed by atoms with Gasteiger partial charge >= 0.3 is 0 Å². The van der Waals surface area contributed by atoms with Gasteiger partial charge in [0.15, 0.2) is 5.65 Å². The zero-order valence-corrected chi connectivity index (χ0v) is 12.9. The predicted molar refractivity (Wildman–Crippen MR) is 81.2 cm³/mol. The van der Waals surface area contributed by atoms with E-state index >= 15 is 0 Å². The van der Waals surface area contributed by atoms with Crippen molar-refractivity contribution in [3.8, 4) is 0 Å². The molecule has 3 aromatic heterocycles. The van der Waals surface area contributed by atoms with Gasteiger partial charge in [0, 0.05) is 19.0 Å². The summed E-state index contributed by atoms with van der Waals surface area (Å²) in [6.45, 7) is 3.26. The van der Waals surface area contributed by atoms with Gasteiger partial charge in [-0.3, -0.25) is 14.4 Å². The van der Waals surface area contributed by atoms with Crippen molar-refractivity contribution in [2.75, 3.05) is 7.05 Å². The van der Waals surface area contributed by atoms with Gasteiger partial charge in [0.25, 0.3) is 5.56 Å². The molecule has 0 aliphatic carbocycles. The second kappa shape index (κ2) is 5.38. The summed E-state index contributed by atoms with van der Waals surface area (Å²) in [5, 5.41) is 7.68. The van der Waals surface area contributed by atoms with Gasteiger partial charge in [0.2, 0.25) is 0 Å². The van der Waals surface area contributed by atoms with Crippen LogP contribution in [0.1, 0.15) is 16.5 Å². The summed E-state index contributed by atoms with van der Waals surface area (Å²) in [7, 11) is 3.75. The van der Waals surface area contributed by atoms with Crippen LogP contribution in [0, 0.1) is 6.92 Å². The van der Waals surface area contributed by atoms with Crippen LogP contribution in [-0.2, 0) is 20.1 Å². The first-order valence-electron chi connectivity index (χ1n) is 6.53. The maximum Gasteiger partial charge on any atom is 0.262 e. The molecule has 0 saturated heterocycles. The minimum atomic E-state index is -0.152. The van der Waals surface area contributed by atoms with Gasteiger partial charge < -0.3 is 4.98 Å². The Bertz CT molecular complexity index is 833. The molecule has 0 fully saturated rings. The third-order valence-electron chi connectivity index (χ3n) is 3.17. The molecular formula is C13H16N6OS. The highest BCUT2D eigenvalue weighted by atomic mass is 32.1. The third kappa shape index (κ3) is 2.86. The van der Waals surface area contributed by atoms with Gasteiger partial charge in [-0.15, -0.1) is 11.3 Å². The topological polar surface area (TPSA) is 79.7 Å². The maximum atomic E-state index is 12.0. The second-order valence-electron chi connectivity index (χ2n) is 5.05. The van der Waals surface area contributed by atoms with Crippen molar-refractivity contribution in [2.45, 2.75) is 20.0 Å². The van der Waals surface area contributed by atoms with Crippen molar-refractivity contribution < 1.29 is 0 Å². The Morgan fingerprint density at radius 2 is 2.19 bits per heavy atom. The minimum absolute atomic E-state index is 0.152. The van der Waals surface area contributed by atoms with Crippen LogP contribution in [0.5, 0.6) is 0 Å². The molecule has 0 aliphatic rings. The lowest BCUT2D eigenvalue weighted by Gasteiger charge is -2.14. The highest BCUT2D eigenvalue weighted by molar-refractivity contribution is 7.09. The molecule has 0 unspecified atom stereocenters. The van der Waals surface area contributed by atoms with Crippen molar-refractivity contribution in [3.05, 3.63) is 38.5 Å². The van der Waals surface area contributed by atoms with E-state index in [2.05, 4.69) is 25.0 Å². The molecule has 3 heterocycles. The largest absolute Gasteiger partial charge is 0.309 e. The molecule has 1 N–H and O–H groups in total. The summed E-state index contributed by atoms with van der Waals surface area (Å²) < 4.78 is 1.61. The van der Waals surface area contributed by atoms with Crippen LogP contribution in [0.25, 0.3) is 11.0 Å². The van der Waals surface area contributed by atoms with Crippen molar-refractivity contribution in [3.63, 3.8) is 0 Å². The fourth-order valence-electron chi connectivity index (χ4n) is 2.22. The highest BCUT2D eigenvalue weighted by Gasteiger charge is 2.10. The molecule has 0 spiro atoms. The number of nitrogens with one attached hydrogen (secondary N) is 1. The van der Waals surface area contributed by atoms with Crippen LogP contribution in [0.15, 0.2) is 16.4 Å². The number of aromatic amines is 1. The third-order valence-corrected chi connectivity index (χ3v) is 3.99. The number of rotatable bonds is 4. The van der Waals surface area contributed by atoms with Crippen molar-refractivity contribution in [1.29, 1.82) is 0 Å². The van der Waals surface area contributed by atoms with E-state index in [1.54, 1.807) is 23.1 Å². The Morgan fingerprint density at radius 3 is 2.90 bits per heavy atom. The first kappa shape index (κ1) is 13.9. The van der Waals surface area contributed by atoms with Crippen molar-refractivity contribution >= 4 is 22.4 Å². The Morgan fingerprint density at radius 1 is 1.38 bits per heavy atom. The molecule has 0 aliphatic heterocycles. The zero-order chi connectivity index (χ0) is 15.0. The number of hydrogen-bond donors (Lipinski definition) is 1. The number of aromatic nitrogens is 5. The molecule has 21 heavy (non-hydrogen) atoms. The molecule has 0 saturated carbocycles. The number of aryl methyl sites for hydroxylation is 2. The first-order chi connectivity index (χ1) is 10.0. The number of fused-ring (bicyclic) bond motifs is 1. The van der Waals surface area contributed by atoms with Gasteiger partial charge in [-0.1, -0.05) is 0 Å². The molecule has 8 heteroatoms. The fraction of sp³-hybridized carbons (Fsp3) is 0.385. The average molecular weight is 304 g/mol.